The maximum atomic E-state index is 13.2. The minimum absolute atomic E-state index is 0.0912. The van der Waals surface area contributed by atoms with Crippen molar-refractivity contribution in [3.05, 3.63) is 77.0 Å². The number of aliphatic hydroxyl groups is 1. The van der Waals surface area contributed by atoms with E-state index in [9.17, 15) is 22.5 Å². The summed E-state index contributed by atoms with van der Waals surface area (Å²) < 4.78 is 72.5. The maximum absolute atomic E-state index is 13.2. The summed E-state index contributed by atoms with van der Waals surface area (Å²) in [5.41, 5.74) is 1.74. The van der Waals surface area contributed by atoms with Crippen molar-refractivity contribution >= 4 is 60.6 Å². The van der Waals surface area contributed by atoms with Crippen LogP contribution in [0, 0.1) is 4.78 Å². The zero-order valence-electron chi connectivity index (χ0n) is 18.6. The molecule has 0 fully saturated rings. The SMILES string of the molecule is N=S(=O)(N[C@H]1COC=C(n2c3ccc(Cl)cc3c3cc(Cl)ccc32)[C@@H]1O)c1ccc(OC(F)(F)F)cc1. The number of rotatable bonds is 5. The average Bonchev–Trinajstić information content (AvgIpc) is 3.12. The topological polar surface area (TPSA) is 96.6 Å². The second kappa shape index (κ2) is 9.41. The largest absolute Gasteiger partial charge is 0.573 e. The van der Waals surface area contributed by atoms with Gasteiger partial charge in [-0.15, -0.1) is 13.2 Å². The van der Waals surface area contributed by atoms with Crippen molar-refractivity contribution in [2.45, 2.75) is 23.4 Å². The van der Waals surface area contributed by atoms with Crippen LogP contribution >= 0.6 is 23.2 Å². The molecule has 2 heterocycles. The van der Waals surface area contributed by atoms with Gasteiger partial charge in [-0.2, -0.15) is 0 Å². The fourth-order valence-corrected chi connectivity index (χ4v) is 5.87. The van der Waals surface area contributed by atoms with Gasteiger partial charge in [-0.3, -0.25) is 0 Å². The van der Waals surface area contributed by atoms with Crippen LogP contribution in [0.3, 0.4) is 0 Å². The molecule has 3 N–H and O–H groups in total. The van der Waals surface area contributed by atoms with Crippen LogP contribution in [0.2, 0.25) is 10.0 Å². The number of nitrogens with zero attached hydrogens (tertiary/aromatic N) is 1. The molecule has 1 aromatic heterocycles. The van der Waals surface area contributed by atoms with Gasteiger partial charge in [0.15, 0.2) is 0 Å². The number of hydrogen-bond donors (Lipinski definition) is 3. The van der Waals surface area contributed by atoms with Gasteiger partial charge in [0.05, 0.1) is 27.7 Å². The predicted molar refractivity (Wildman–Crippen MR) is 135 cm³/mol. The standard InChI is InChI=1S/C24H18Cl2F3N3O4S/c25-13-1-7-20-17(9-13)18-10-14(26)2-8-21(18)32(20)22-12-35-11-19(23(22)33)31-37(30,34)16-5-3-15(4-6-16)36-24(27,28)29/h1-10,12,19,23,33H,11H2,(H2,30,31,34)/t19-,23+,37?/m0/s1. The number of hydrogen-bond acceptors (Lipinski definition) is 5. The molecule has 0 saturated carbocycles. The van der Waals surface area contributed by atoms with E-state index >= 15 is 0 Å². The highest BCUT2D eigenvalue weighted by Gasteiger charge is 2.34. The van der Waals surface area contributed by atoms with E-state index in [1.165, 1.54) is 6.26 Å². The van der Waals surface area contributed by atoms with Crippen LogP contribution in [0.15, 0.2) is 71.8 Å². The van der Waals surface area contributed by atoms with Crippen LogP contribution in [0.25, 0.3) is 27.5 Å². The zero-order valence-corrected chi connectivity index (χ0v) is 21.0. The first-order chi connectivity index (χ1) is 17.4. The number of halogens is 5. The smallest absolute Gasteiger partial charge is 0.497 e. The molecule has 1 aliphatic heterocycles. The Hall–Kier alpha value is -2.96. The molecule has 1 unspecified atom stereocenters. The summed E-state index contributed by atoms with van der Waals surface area (Å²) in [6.07, 6.45) is -4.75. The first-order valence-electron chi connectivity index (χ1n) is 10.7. The highest BCUT2D eigenvalue weighted by molar-refractivity contribution is 7.90. The summed E-state index contributed by atoms with van der Waals surface area (Å²) in [6, 6.07) is 13.7. The third-order valence-electron chi connectivity index (χ3n) is 5.82. The fourth-order valence-electron chi connectivity index (χ4n) is 4.25. The Bertz CT molecular complexity index is 1580. The number of aromatic nitrogens is 1. The molecule has 194 valence electrons. The summed E-state index contributed by atoms with van der Waals surface area (Å²) in [4.78, 5) is -0.0912. The van der Waals surface area contributed by atoms with Crippen molar-refractivity contribution in [3.63, 3.8) is 0 Å². The number of nitrogens with one attached hydrogen (secondary N) is 2. The van der Waals surface area contributed by atoms with Crippen molar-refractivity contribution < 1.29 is 32.0 Å². The van der Waals surface area contributed by atoms with Crippen LogP contribution < -0.4 is 9.46 Å². The van der Waals surface area contributed by atoms with E-state index in [1.54, 1.807) is 41.0 Å². The molecule has 13 heteroatoms. The Balaban J connectivity index is 1.47. The number of alkyl halides is 3. The molecule has 0 spiro atoms. The van der Waals surface area contributed by atoms with Gasteiger partial charge < -0.3 is 19.1 Å². The molecular formula is C24H18Cl2F3N3O4S. The first kappa shape index (κ1) is 25.7. The second-order valence-electron chi connectivity index (χ2n) is 8.28. The molecule has 5 rings (SSSR count). The molecule has 0 aliphatic carbocycles. The number of benzene rings is 3. The molecule has 1 aliphatic rings. The van der Waals surface area contributed by atoms with Crippen LogP contribution in [0.1, 0.15) is 0 Å². The Morgan fingerprint density at radius 3 is 2.14 bits per heavy atom. The van der Waals surface area contributed by atoms with Gasteiger partial charge in [0.25, 0.3) is 0 Å². The number of ether oxygens (including phenoxy) is 2. The van der Waals surface area contributed by atoms with Crippen LogP contribution in [0.4, 0.5) is 13.2 Å². The van der Waals surface area contributed by atoms with Crippen LogP contribution in [-0.4, -0.2) is 39.0 Å². The lowest BCUT2D eigenvalue weighted by Crippen LogP contribution is -2.48. The van der Waals surface area contributed by atoms with Gasteiger partial charge in [-0.25, -0.2) is 13.7 Å². The number of fused-ring (bicyclic) bond motifs is 3. The van der Waals surface area contributed by atoms with Crippen molar-refractivity contribution in [1.82, 2.24) is 9.29 Å². The monoisotopic (exact) mass is 571 g/mol. The molecule has 3 aromatic carbocycles. The Morgan fingerprint density at radius 2 is 1.59 bits per heavy atom. The van der Waals surface area contributed by atoms with E-state index in [4.69, 9.17) is 32.7 Å². The minimum Gasteiger partial charge on any atom is -0.497 e. The molecule has 0 amide bonds. The van der Waals surface area contributed by atoms with Crippen molar-refractivity contribution in [1.29, 1.82) is 4.78 Å². The normalized spacial score (nSPS) is 19.9. The lowest BCUT2D eigenvalue weighted by molar-refractivity contribution is -0.274. The summed E-state index contributed by atoms with van der Waals surface area (Å²) in [6.45, 7) is -0.107. The van der Waals surface area contributed by atoms with E-state index < -0.39 is 34.2 Å². The van der Waals surface area contributed by atoms with E-state index in [0.717, 1.165) is 35.0 Å². The summed E-state index contributed by atoms with van der Waals surface area (Å²) in [5.74, 6) is -0.510. The maximum Gasteiger partial charge on any atom is 0.573 e. The second-order valence-corrected chi connectivity index (χ2v) is 11.0. The highest BCUT2D eigenvalue weighted by Crippen LogP contribution is 2.37. The van der Waals surface area contributed by atoms with Gasteiger partial charge in [0.1, 0.15) is 34.6 Å². The van der Waals surface area contributed by atoms with Gasteiger partial charge in [-0.1, -0.05) is 23.2 Å². The third kappa shape index (κ3) is 5.10. The first-order valence-corrected chi connectivity index (χ1v) is 13.1. The fraction of sp³-hybridized carbons (Fsp3) is 0.167. The van der Waals surface area contributed by atoms with Gasteiger partial charge in [0, 0.05) is 20.8 Å². The van der Waals surface area contributed by atoms with Crippen molar-refractivity contribution in [2.75, 3.05) is 6.61 Å². The lowest BCUT2D eigenvalue weighted by Gasteiger charge is -2.31. The molecule has 0 radical (unpaired) electrons. The van der Waals surface area contributed by atoms with Gasteiger partial charge in [-0.05, 0) is 60.7 Å². The average molecular weight is 572 g/mol. The molecule has 4 aromatic rings. The lowest BCUT2D eigenvalue weighted by atomic mass is 10.1. The van der Waals surface area contributed by atoms with Gasteiger partial charge >= 0.3 is 6.36 Å². The Morgan fingerprint density at radius 1 is 1.03 bits per heavy atom. The number of aliphatic hydroxyl groups excluding tert-OH is 1. The highest BCUT2D eigenvalue weighted by atomic mass is 35.5. The molecule has 3 atom stereocenters. The predicted octanol–water partition coefficient (Wildman–Crippen LogP) is 6.17. The van der Waals surface area contributed by atoms with Crippen molar-refractivity contribution in [2.24, 2.45) is 0 Å². The molecule has 37 heavy (non-hydrogen) atoms. The summed E-state index contributed by atoms with van der Waals surface area (Å²) in [7, 11) is -3.74. The van der Waals surface area contributed by atoms with E-state index in [0.29, 0.717) is 26.8 Å². The van der Waals surface area contributed by atoms with Crippen LogP contribution in [0.5, 0.6) is 5.75 Å². The van der Waals surface area contributed by atoms with Crippen LogP contribution in [-0.2, 0) is 14.7 Å². The molecular weight excluding hydrogens is 554 g/mol. The van der Waals surface area contributed by atoms with Gasteiger partial charge in [0.2, 0.25) is 0 Å². The Labute approximate surface area is 219 Å². The van der Waals surface area contributed by atoms with E-state index in [2.05, 4.69) is 9.46 Å². The van der Waals surface area contributed by atoms with E-state index in [1.807, 2.05) is 0 Å². The molecule has 0 saturated heterocycles. The molecule has 0 bridgehead atoms. The van der Waals surface area contributed by atoms with Crippen molar-refractivity contribution in [3.8, 4) is 5.75 Å². The molecule has 7 nitrogen and oxygen atoms in total. The van der Waals surface area contributed by atoms with E-state index in [-0.39, 0.29) is 11.5 Å². The third-order valence-corrected chi connectivity index (χ3v) is 7.86. The Kier molecular flexibility index (Phi) is 6.53. The zero-order chi connectivity index (χ0) is 26.5. The minimum atomic E-state index is -4.88. The summed E-state index contributed by atoms with van der Waals surface area (Å²) in [5, 5.41) is 13.9. The summed E-state index contributed by atoms with van der Waals surface area (Å²) >= 11 is 12.4. The quantitative estimate of drug-likeness (QED) is 0.267.